The highest BCUT2D eigenvalue weighted by Gasteiger charge is 2.08. The summed E-state index contributed by atoms with van der Waals surface area (Å²) in [6.07, 6.45) is 1.06. The zero-order valence-electron chi connectivity index (χ0n) is 9.14. The number of halogens is 1. The van der Waals surface area contributed by atoms with Gasteiger partial charge in [-0.3, -0.25) is 0 Å². The maximum absolute atomic E-state index is 4.08. The summed E-state index contributed by atoms with van der Waals surface area (Å²) in [4.78, 5) is 2.03. The van der Waals surface area contributed by atoms with Crippen LogP contribution < -0.4 is 4.90 Å². The van der Waals surface area contributed by atoms with Gasteiger partial charge in [0, 0.05) is 12.7 Å². The SMILES string of the molecule is CCc1ccc(N(C)c2nnc(Br)s2)cc1. The predicted octanol–water partition coefficient (Wildman–Crippen LogP) is 3.63. The molecule has 0 atom stereocenters. The van der Waals surface area contributed by atoms with E-state index in [-0.39, 0.29) is 0 Å². The van der Waals surface area contributed by atoms with Crippen LogP contribution in [0.4, 0.5) is 10.8 Å². The van der Waals surface area contributed by atoms with Crippen LogP contribution in [0, 0.1) is 0 Å². The smallest absolute Gasteiger partial charge is 0.213 e. The molecule has 16 heavy (non-hydrogen) atoms. The molecule has 3 nitrogen and oxygen atoms in total. The van der Waals surface area contributed by atoms with Gasteiger partial charge in [-0.05, 0) is 40.0 Å². The summed E-state index contributed by atoms with van der Waals surface area (Å²) in [5.41, 5.74) is 2.47. The summed E-state index contributed by atoms with van der Waals surface area (Å²) < 4.78 is 0.805. The summed E-state index contributed by atoms with van der Waals surface area (Å²) in [6, 6.07) is 8.49. The zero-order chi connectivity index (χ0) is 11.5. The van der Waals surface area contributed by atoms with Gasteiger partial charge in [-0.2, -0.15) is 0 Å². The first kappa shape index (κ1) is 11.5. The Morgan fingerprint density at radius 1 is 1.25 bits per heavy atom. The first-order chi connectivity index (χ1) is 7.70. The van der Waals surface area contributed by atoms with Crippen LogP contribution >= 0.6 is 27.3 Å². The maximum atomic E-state index is 4.08. The van der Waals surface area contributed by atoms with E-state index in [0.717, 1.165) is 21.2 Å². The lowest BCUT2D eigenvalue weighted by molar-refractivity contribution is 1.03. The van der Waals surface area contributed by atoms with Crippen LogP contribution in [0.3, 0.4) is 0 Å². The van der Waals surface area contributed by atoms with Crippen molar-refractivity contribution in [1.82, 2.24) is 10.2 Å². The Labute approximate surface area is 107 Å². The van der Waals surface area contributed by atoms with E-state index in [2.05, 4.69) is 57.3 Å². The summed E-state index contributed by atoms with van der Waals surface area (Å²) in [7, 11) is 1.99. The van der Waals surface area contributed by atoms with Gasteiger partial charge in [0.05, 0.1) is 0 Å². The highest BCUT2D eigenvalue weighted by molar-refractivity contribution is 9.11. The Hall–Kier alpha value is -0.940. The number of rotatable bonds is 3. The van der Waals surface area contributed by atoms with E-state index >= 15 is 0 Å². The van der Waals surface area contributed by atoms with Crippen molar-refractivity contribution >= 4 is 38.1 Å². The second-order valence-electron chi connectivity index (χ2n) is 3.42. The highest BCUT2D eigenvalue weighted by atomic mass is 79.9. The van der Waals surface area contributed by atoms with Crippen molar-refractivity contribution in [3.05, 3.63) is 33.7 Å². The Morgan fingerprint density at radius 3 is 2.44 bits per heavy atom. The molecule has 0 N–H and O–H groups in total. The molecule has 0 saturated heterocycles. The van der Waals surface area contributed by atoms with Crippen LogP contribution in [0.2, 0.25) is 0 Å². The Morgan fingerprint density at radius 2 is 1.94 bits per heavy atom. The highest BCUT2D eigenvalue weighted by Crippen LogP contribution is 2.28. The van der Waals surface area contributed by atoms with Gasteiger partial charge in [0.2, 0.25) is 5.13 Å². The second-order valence-corrected chi connectivity index (χ2v) is 5.65. The van der Waals surface area contributed by atoms with E-state index in [1.54, 1.807) is 0 Å². The minimum Gasteiger partial charge on any atom is -0.319 e. The second kappa shape index (κ2) is 4.93. The Bertz CT molecular complexity index is 466. The normalized spacial score (nSPS) is 10.4. The van der Waals surface area contributed by atoms with Crippen LogP contribution in [0.5, 0.6) is 0 Å². The van der Waals surface area contributed by atoms with E-state index in [0.29, 0.717) is 0 Å². The number of benzene rings is 1. The molecule has 1 heterocycles. The molecule has 0 aliphatic heterocycles. The molecule has 0 amide bonds. The van der Waals surface area contributed by atoms with E-state index in [1.807, 2.05) is 11.9 Å². The third-order valence-electron chi connectivity index (χ3n) is 2.41. The largest absolute Gasteiger partial charge is 0.319 e. The van der Waals surface area contributed by atoms with Crippen molar-refractivity contribution in [2.24, 2.45) is 0 Å². The summed E-state index contributed by atoms with van der Waals surface area (Å²) in [5, 5.41) is 8.91. The number of nitrogens with zero attached hydrogens (tertiary/aromatic N) is 3. The quantitative estimate of drug-likeness (QED) is 0.866. The number of hydrogen-bond donors (Lipinski definition) is 0. The standard InChI is InChI=1S/C11H12BrN3S/c1-3-8-4-6-9(7-5-8)15(2)11-14-13-10(12)16-11/h4-7H,3H2,1-2H3. The molecule has 1 aromatic heterocycles. The maximum Gasteiger partial charge on any atom is 0.213 e. The number of hydrogen-bond acceptors (Lipinski definition) is 4. The average molecular weight is 298 g/mol. The van der Waals surface area contributed by atoms with Gasteiger partial charge in [-0.1, -0.05) is 30.4 Å². The molecule has 84 valence electrons. The topological polar surface area (TPSA) is 29.0 Å². The van der Waals surface area contributed by atoms with Gasteiger partial charge in [-0.25, -0.2) is 0 Å². The fourth-order valence-corrected chi connectivity index (χ4v) is 2.47. The summed E-state index contributed by atoms with van der Waals surface area (Å²) >= 11 is 4.84. The van der Waals surface area contributed by atoms with Gasteiger partial charge in [0.1, 0.15) is 0 Å². The molecule has 1 aromatic carbocycles. The molecule has 0 radical (unpaired) electrons. The minimum absolute atomic E-state index is 0.805. The molecule has 0 unspecified atom stereocenters. The van der Waals surface area contributed by atoms with E-state index in [1.165, 1.54) is 16.9 Å². The van der Waals surface area contributed by atoms with Crippen LogP contribution in [0.15, 0.2) is 28.2 Å². The Balaban J connectivity index is 2.23. The first-order valence-electron chi connectivity index (χ1n) is 5.02. The van der Waals surface area contributed by atoms with Gasteiger partial charge < -0.3 is 4.90 Å². The van der Waals surface area contributed by atoms with Crippen molar-refractivity contribution in [3.63, 3.8) is 0 Å². The third-order valence-corrected chi connectivity index (χ3v) is 3.84. The molecular weight excluding hydrogens is 286 g/mol. The van der Waals surface area contributed by atoms with Crippen LogP contribution in [-0.2, 0) is 6.42 Å². The number of aryl methyl sites for hydroxylation is 1. The van der Waals surface area contributed by atoms with Crippen molar-refractivity contribution in [2.75, 3.05) is 11.9 Å². The fourth-order valence-electron chi connectivity index (χ4n) is 1.40. The Kier molecular flexibility index (Phi) is 3.56. The van der Waals surface area contributed by atoms with Crippen LogP contribution in [0.1, 0.15) is 12.5 Å². The minimum atomic E-state index is 0.805. The fraction of sp³-hybridized carbons (Fsp3) is 0.273. The molecule has 2 rings (SSSR count). The van der Waals surface area contributed by atoms with E-state index in [9.17, 15) is 0 Å². The summed E-state index contributed by atoms with van der Waals surface area (Å²) in [5.74, 6) is 0. The lowest BCUT2D eigenvalue weighted by atomic mass is 10.1. The van der Waals surface area contributed by atoms with Crippen LogP contribution in [0.25, 0.3) is 0 Å². The number of anilines is 2. The molecule has 0 saturated carbocycles. The predicted molar refractivity (Wildman–Crippen MR) is 71.5 cm³/mol. The third kappa shape index (κ3) is 2.41. The number of aromatic nitrogens is 2. The lowest BCUT2D eigenvalue weighted by Gasteiger charge is -2.15. The lowest BCUT2D eigenvalue weighted by Crippen LogP contribution is -2.08. The van der Waals surface area contributed by atoms with Gasteiger partial charge in [-0.15, -0.1) is 10.2 Å². The molecule has 0 fully saturated rings. The molecule has 5 heteroatoms. The van der Waals surface area contributed by atoms with Crippen molar-refractivity contribution < 1.29 is 0 Å². The zero-order valence-corrected chi connectivity index (χ0v) is 11.5. The summed E-state index contributed by atoms with van der Waals surface area (Å²) in [6.45, 7) is 2.15. The van der Waals surface area contributed by atoms with Gasteiger partial charge >= 0.3 is 0 Å². The monoisotopic (exact) mass is 297 g/mol. The van der Waals surface area contributed by atoms with Gasteiger partial charge in [0.15, 0.2) is 3.92 Å². The van der Waals surface area contributed by atoms with Crippen molar-refractivity contribution in [1.29, 1.82) is 0 Å². The van der Waals surface area contributed by atoms with Crippen LogP contribution in [-0.4, -0.2) is 17.2 Å². The molecule has 0 bridgehead atoms. The average Bonchev–Trinajstić information content (AvgIpc) is 2.75. The van der Waals surface area contributed by atoms with E-state index in [4.69, 9.17) is 0 Å². The van der Waals surface area contributed by atoms with Gasteiger partial charge in [0.25, 0.3) is 0 Å². The van der Waals surface area contributed by atoms with Crippen molar-refractivity contribution in [2.45, 2.75) is 13.3 Å². The molecule has 0 aliphatic carbocycles. The van der Waals surface area contributed by atoms with E-state index < -0.39 is 0 Å². The molecule has 2 aromatic rings. The molecule has 0 aliphatic rings. The first-order valence-corrected chi connectivity index (χ1v) is 6.63. The molecular formula is C11H12BrN3S. The molecule has 0 spiro atoms. The van der Waals surface area contributed by atoms with Crippen molar-refractivity contribution in [3.8, 4) is 0 Å².